The number of hydrogen-bond donors (Lipinski definition) is 0. The van der Waals surface area contributed by atoms with Crippen molar-refractivity contribution in [2.45, 2.75) is 20.0 Å². The summed E-state index contributed by atoms with van der Waals surface area (Å²) in [6.07, 6.45) is 3.62. The van der Waals surface area contributed by atoms with Gasteiger partial charge in [0, 0.05) is 6.20 Å². The van der Waals surface area contributed by atoms with Crippen LogP contribution in [0.25, 0.3) is 0 Å². The Hall–Kier alpha value is -0.210. The van der Waals surface area contributed by atoms with E-state index in [1.165, 1.54) is 0 Å². The summed E-state index contributed by atoms with van der Waals surface area (Å²) in [4.78, 5) is 4.08. The van der Waals surface area contributed by atoms with Gasteiger partial charge in [-0.3, -0.25) is 4.57 Å². The van der Waals surface area contributed by atoms with E-state index >= 15 is 0 Å². The van der Waals surface area contributed by atoms with Crippen molar-refractivity contribution in [1.82, 2.24) is 9.32 Å². The van der Waals surface area contributed by atoms with Gasteiger partial charge in [-0.25, -0.2) is 4.98 Å². The van der Waals surface area contributed by atoms with E-state index in [-0.39, 0.29) is 6.16 Å². The monoisotopic (exact) mass is 250 g/mol. The molecule has 0 aliphatic carbocycles. The molecule has 0 spiro atoms. The van der Waals surface area contributed by atoms with Crippen LogP contribution >= 0.6 is 17.0 Å². The van der Waals surface area contributed by atoms with Crippen LogP contribution < -0.4 is 0 Å². The van der Waals surface area contributed by atoms with Gasteiger partial charge in [-0.15, -0.1) is 0 Å². The summed E-state index contributed by atoms with van der Waals surface area (Å²) >= 11 is 0. The maximum absolute atomic E-state index is 12.1. The first kappa shape index (κ1) is 12.9. The average molecular weight is 250 g/mol. The highest BCUT2D eigenvalue weighted by Crippen LogP contribution is 2.50. The molecule has 0 fully saturated rings. The Labute approximate surface area is 92.0 Å². The molecule has 1 unspecified atom stereocenters. The summed E-state index contributed by atoms with van der Waals surface area (Å²) in [5, 5.41) is 0. The molecule has 86 valence electrons. The molecule has 1 atom stereocenters. The van der Waals surface area contributed by atoms with Crippen LogP contribution in [0.15, 0.2) is 12.5 Å². The molecule has 0 saturated carbocycles. The molecule has 1 rings (SSSR count). The molecule has 0 aliphatic heterocycles. The van der Waals surface area contributed by atoms with Gasteiger partial charge < -0.3 is 13.4 Å². The Morgan fingerprint density at radius 3 is 2.47 bits per heavy atom. The average Bonchev–Trinajstić information content (AvgIpc) is 2.51. The van der Waals surface area contributed by atoms with Gasteiger partial charge in [0.25, 0.3) is 0 Å². The molecule has 1 aromatic rings. The third-order valence-corrected chi connectivity index (χ3v) is 3.96. The smallest absolute Gasteiger partial charge is 0.322 e. The Bertz CT molecular complexity index is 343. The standard InChI is InChI=1S/C8H16N2O3P2/c1-3-12-15(11,13-4-2)6-8-5-10(14)7-9-8/h5,7H,3-4,6,14H2,1-2H3. The molecule has 0 radical (unpaired) electrons. The van der Waals surface area contributed by atoms with Gasteiger partial charge in [-0.05, 0) is 23.2 Å². The highest BCUT2D eigenvalue weighted by Gasteiger charge is 2.25. The van der Waals surface area contributed by atoms with Crippen molar-refractivity contribution in [3.05, 3.63) is 18.2 Å². The summed E-state index contributed by atoms with van der Waals surface area (Å²) in [6, 6.07) is 0. The molecular formula is C8H16N2O3P2. The SMILES string of the molecule is CCOP(=O)(Cc1cn(P)cn1)OCC. The molecule has 0 amide bonds. The number of aromatic nitrogens is 2. The number of imidazole rings is 1. The summed E-state index contributed by atoms with van der Waals surface area (Å²) < 4.78 is 24.1. The van der Waals surface area contributed by atoms with Gasteiger partial charge in [0.05, 0.1) is 31.4 Å². The van der Waals surface area contributed by atoms with E-state index in [9.17, 15) is 4.57 Å². The van der Waals surface area contributed by atoms with Crippen molar-refractivity contribution in [2.75, 3.05) is 13.2 Å². The number of hydrogen-bond acceptors (Lipinski definition) is 4. The van der Waals surface area contributed by atoms with E-state index in [2.05, 4.69) is 14.4 Å². The highest BCUT2D eigenvalue weighted by molar-refractivity contribution is 7.53. The van der Waals surface area contributed by atoms with Crippen LogP contribution in [0.5, 0.6) is 0 Å². The minimum absolute atomic E-state index is 0.218. The van der Waals surface area contributed by atoms with Gasteiger partial charge >= 0.3 is 7.60 Å². The minimum atomic E-state index is -3.01. The molecular weight excluding hydrogens is 234 g/mol. The van der Waals surface area contributed by atoms with Crippen LogP contribution in [-0.2, 0) is 19.8 Å². The van der Waals surface area contributed by atoms with Crippen molar-refractivity contribution in [1.29, 1.82) is 0 Å². The summed E-state index contributed by atoms with van der Waals surface area (Å²) in [5.74, 6) is 0. The topological polar surface area (TPSA) is 53.4 Å². The van der Waals surface area contributed by atoms with Crippen LogP contribution in [-0.4, -0.2) is 22.5 Å². The lowest BCUT2D eigenvalue weighted by molar-refractivity contribution is 0.219. The zero-order valence-corrected chi connectivity index (χ0v) is 11.0. The van der Waals surface area contributed by atoms with Crippen LogP contribution in [0.3, 0.4) is 0 Å². The van der Waals surface area contributed by atoms with Gasteiger partial charge in [0.2, 0.25) is 0 Å². The van der Waals surface area contributed by atoms with Gasteiger partial charge in [-0.2, -0.15) is 0 Å². The van der Waals surface area contributed by atoms with Crippen molar-refractivity contribution in [2.24, 2.45) is 0 Å². The van der Waals surface area contributed by atoms with Crippen molar-refractivity contribution < 1.29 is 13.6 Å². The van der Waals surface area contributed by atoms with Crippen LogP contribution in [0.1, 0.15) is 19.5 Å². The zero-order valence-electron chi connectivity index (χ0n) is 8.92. The Morgan fingerprint density at radius 2 is 2.07 bits per heavy atom. The predicted molar refractivity (Wildman–Crippen MR) is 61.9 cm³/mol. The lowest BCUT2D eigenvalue weighted by atomic mass is 10.6. The molecule has 15 heavy (non-hydrogen) atoms. The van der Waals surface area contributed by atoms with E-state index in [0.717, 1.165) is 0 Å². The lowest BCUT2D eigenvalue weighted by Crippen LogP contribution is -1.99. The molecule has 0 saturated heterocycles. The quantitative estimate of drug-likeness (QED) is 0.727. The molecule has 0 bridgehead atoms. The summed E-state index contributed by atoms with van der Waals surface area (Å²) in [6.45, 7) is 4.33. The number of nitrogens with zero attached hydrogens (tertiary/aromatic N) is 2. The molecule has 0 aromatic carbocycles. The van der Waals surface area contributed by atoms with Crippen molar-refractivity contribution in [3.63, 3.8) is 0 Å². The van der Waals surface area contributed by atoms with E-state index in [0.29, 0.717) is 18.9 Å². The predicted octanol–water partition coefficient (Wildman–Crippen LogP) is 2.29. The van der Waals surface area contributed by atoms with Gasteiger partial charge in [-0.1, -0.05) is 0 Å². The van der Waals surface area contributed by atoms with E-state index in [4.69, 9.17) is 9.05 Å². The summed E-state index contributed by atoms with van der Waals surface area (Å²) in [7, 11) is -0.555. The summed E-state index contributed by atoms with van der Waals surface area (Å²) in [5.41, 5.74) is 0.704. The lowest BCUT2D eigenvalue weighted by Gasteiger charge is -2.15. The third kappa shape index (κ3) is 4.04. The second-order valence-electron chi connectivity index (χ2n) is 2.92. The first-order valence-corrected chi connectivity index (χ1v) is 7.00. The molecule has 5 nitrogen and oxygen atoms in total. The third-order valence-electron chi connectivity index (χ3n) is 1.66. The molecule has 0 aliphatic rings. The largest absolute Gasteiger partial charge is 0.336 e. The first-order chi connectivity index (χ1) is 7.09. The number of rotatable bonds is 6. The van der Waals surface area contributed by atoms with Crippen LogP contribution in [0.4, 0.5) is 0 Å². The maximum Gasteiger partial charge on any atom is 0.336 e. The van der Waals surface area contributed by atoms with Crippen molar-refractivity contribution >= 4 is 17.0 Å². The fourth-order valence-electron chi connectivity index (χ4n) is 1.18. The maximum atomic E-state index is 12.1. The van der Waals surface area contributed by atoms with E-state index in [1.54, 1.807) is 30.7 Å². The molecule has 0 N–H and O–H groups in total. The minimum Gasteiger partial charge on any atom is -0.322 e. The Balaban J connectivity index is 2.70. The van der Waals surface area contributed by atoms with Crippen molar-refractivity contribution in [3.8, 4) is 0 Å². The normalized spacial score (nSPS) is 11.9. The van der Waals surface area contributed by atoms with Gasteiger partial charge in [0.1, 0.15) is 0 Å². The first-order valence-electron chi connectivity index (χ1n) is 4.75. The van der Waals surface area contributed by atoms with Gasteiger partial charge in [0.15, 0.2) is 0 Å². The fourth-order valence-corrected chi connectivity index (χ4v) is 3.02. The Kier molecular flexibility index (Phi) is 4.94. The zero-order chi connectivity index (χ0) is 11.3. The molecule has 1 heterocycles. The van der Waals surface area contributed by atoms with Crippen LogP contribution in [0.2, 0.25) is 0 Å². The highest BCUT2D eigenvalue weighted by atomic mass is 31.2. The van der Waals surface area contributed by atoms with Crippen LogP contribution in [0, 0.1) is 0 Å². The molecule has 1 aromatic heterocycles. The second-order valence-corrected chi connectivity index (χ2v) is 5.57. The molecule has 7 heteroatoms. The second kappa shape index (κ2) is 5.76. The Morgan fingerprint density at radius 1 is 1.47 bits per heavy atom. The fraction of sp³-hybridized carbons (Fsp3) is 0.625. The van der Waals surface area contributed by atoms with E-state index < -0.39 is 7.60 Å². The van der Waals surface area contributed by atoms with E-state index in [1.807, 2.05) is 0 Å².